The SMILES string of the molecule is CN=C(N)C1=NN(c2ccc(Cl)cc2Cl)C(c2ccccc2)C1.O=S(=O)(O)N1CCOCC1. The largest absolute Gasteiger partial charge is 0.382 e. The Morgan fingerprint density at radius 3 is 2.39 bits per heavy atom. The highest BCUT2D eigenvalue weighted by molar-refractivity contribution is 7.83. The highest BCUT2D eigenvalue weighted by Gasteiger charge is 2.31. The molecule has 2 aliphatic heterocycles. The van der Waals surface area contributed by atoms with Crippen molar-refractivity contribution in [1.29, 1.82) is 0 Å². The van der Waals surface area contributed by atoms with Crippen LogP contribution in [0.5, 0.6) is 0 Å². The van der Waals surface area contributed by atoms with Gasteiger partial charge in [-0.1, -0.05) is 53.5 Å². The number of rotatable bonds is 4. The molecule has 2 aliphatic rings. The van der Waals surface area contributed by atoms with Crippen molar-refractivity contribution < 1.29 is 17.7 Å². The number of nitrogens with two attached hydrogens (primary N) is 1. The van der Waals surface area contributed by atoms with Crippen LogP contribution >= 0.6 is 23.2 Å². The molecule has 0 spiro atoms. The third-order valence-corrected chi connectivity index (χ3v) is 6.64. The molecule has 1 unspecified atom stereocenters. The van der Waals surface area contributed by atoms with Gasteiger partial charge in [0.15, 0.2) is 0 Å². The molecule has 1 fully saturated rings. The molecule has 0 bridgehead atoms. The molecule has 1 saturated heterocycles. The number of hydrazone groups is 1. The summed E-state index contributed by atoms with van der Waals surface area (Å²) in [6.45, 7) is 1.22. The Morgan fingerprint density at radius 2 is 1.85 bits per heavy atom. The maximum Gasteiger partial charge on any atom is 0.336 e. The van der Waals surface area contributed by atoms with Crippen LogP contribution in [0, 0.1) is 0 Å². The minimum absolute atomic E-state index is 0.0187. The predicted molar refractivity (Wildman–Crippen MR) is 132 cm³/mol. The van der Waals surface area contributed by atoms with E-state index >= 15 is 0 Å². The number of benzene rings is 2. The van der Waals surface area contributed by atoms with Gasteiger partial charge in [-0.3, -0.25) is 14.6 Å². The molecule has 178 valence electrons. The van der Waals surface area contributed by atoms with Crippen LogP contribution in [0.4, 0.5) is 5.69 Å². The van der Waals surface area contributed by atoms with E-state index in [9.17, 15) is 8.42 Å². The number of ether oxygens (including phenoxy) is 1. The summed E-state index contributed by atoms with van der Waals surface area (Å²) in [7, 11) is -2.31. The Morgan fingerprint density at radius 1 is 1.18 bits per heavy atom. The van der Waals surface area contributed by atoms with Crippen molar-refractivity contribution in [2.24, 2.45) is 15.8 Å². The van der Waals surface area contributed by atoms with E-state index in [1.807, 2.05) is 29.3 Å². The summed E-state index contributed by atoms with van der Waals surface area (Å²) < 4.78 is 35.2. The number of nitrogens with zero attached hydrogens (tertiary/aromatic N) is 4. The molecule has 2 aromatic rings. The maximum absolute atomic E-state index is 10.4. The van der Waals surface area contributed by atoms with Crippen LogP contribution in [0.25, 0.3) is 0 Å². The Hall–Kier alpha value is -2.21. The fourth-order valence-corrected chi connectivity index (χ4v) is 4.50. The topological polar surface area (TPSA) is 121 Å². The highest BCUT2D eigenvalue weighted by Crippen LogP contribution is 2.39. The summed E-state index contributed by atoms with van der Waals surface area (Å²) in [5, 5.41) is 7.68. The lowest BCUT2D eigenvalue weighted by Gasteiger charge is -2.24. The van der Waals surface area contributed by atoms with Crippen LogP contribution in [0.3, 0.4) is 0 Å². The zero-order valence-corrected chi connectivity index (χ0v) is 20.3. The molecule has 0 aliphatic carbocycles. The van der Waals surface area contributed by atoms with Gasteiger partial charge in [-0.05, 0) is 23.8 Å². The summed E-state index contributed by atoms with van der Waals surface area (Å²) in [4.78, 5) is 4.05. The van der Waals surface area contributed by atoms with E-state index in [0.29, 0.717) is 35.5 Å². The third-order valence-electron chi connectivity index (χ3n) is 5.08. The van der Waals surface area contributed by atoms with Crippen molar-refractivity contribution in [3.63, 3.8) is 0 Å². The second kappa shape index (κ2) is 11.3. The summed E-state index contributed by atoms with van der Waals surface area (Å²) in [5.41, 5.74) is 8.65. The Bertz CT molecular complexity index is 1120. The number of anilines is 1. The number of halogens is 2. The van der Waals surface area contributed by atoms with Gasteiger partial charge in [0.2, 0.25) is 0 Å². The van der Waals surface area contributed by atoms with E-state index in [2.05, 4.69) is 22.2 Å². The van der Waals surface area contributed by atoms with Gasteiger partial charge in [0.25, 0.3) is 0 Å². The lowest BCUT2D eigenvalue weighted by molar-refractivity contribution is 0.0693. The van der Waals surface area contributed by atoms with Crippen molar-refractivity contribution in [1.82, 2.24) is 4.31 Å². The number of aliphatic imine (C=N–C) groups is 1. The zero-order valence-electron chi connectivity index (χ0n) is 17.9. The molecule has 9 nitrogen and oxygen atoms in total. The lowest BCUT2D eigenvalue weighted by Crippen LogP contribution is -2.40. The highest BCUT2D eigenvalue weighted by atomic mass is 35.5. The number of morpholine rings is 1. The summed E-state index contributed by atoms with van der Waals surface area (Å²) >= 11 is 12.4. The summed E-state index contributed by atoms with van der Waals surface area (Å²) in [6.07, 6.45) is 0.673. The fraction of sp³-hybridized carbons (Fsp3) is 0.333. The van der Waals surface area contributed by atoms with E-state index in [-0.39, 0.29) is 19.1 Å². The van der Waals surface area contributed by atoms with Gasteiger partial charge in [-0.2, -0.15) is 17.8 Å². The van der Waals surface area contributed by atoms with Crippen LogP contribution in [0.2, 0.25) is 10.0 Å². The van der Waals surface area contributed by atoms with Gasteiger partial charge >= 0.3 is 10.3 Å². The van der Waals surface area contributed by atoms with E-state index in [4.69, 9.17) is 38.2 Å². The molecule has 1 atom stereocenters. The van der Waals surface area contributed by atoms with Crippen LogP contribution in [-0.4, -0.2) is 62.2 Å². The fourth-order valence-electron chi connectivity index (χ4n) is 3.40. The first-order chi connectivity index (χ1) is 15.7. The first-order valence-electron chi connectivity index (χ1n) is 10.1. The lowest BCUT2D eigenvalue weighted by atomic mass is 10.0. The average molecular weight is 514 g/mol. The molecule has 3 N–H and O–H groups in total. The van der Waals surface area contributed by atoms with Crippen molar-refractivity contribution in [2.75, 3.05) is 38.4 Å². The van der Waals surface area contributed by atoms with Gasteiger partial charge in [0.1, 0.15) is 11.5 Å². The second-order valence-corrected chi connectivity index (χ2v) is 9.47. The second-order valence-electron chi connectivity index (χ2n) is 7.22. The molecule has 12 heteroatoms. The minimum Gasteiger partial charge on any atom is -0.382 e. The van der Waals surface area contributed by atoms with Crippen molar-refractivity contribution in [2.45, 2.75) is 12.5 Å². The molecular weight excluding hydrogens is 489 g/mol. The molecule has 4 rings (SSSR count). The van der Waals surface area contributed by atoms with E-state index < -0.39 is 10.3 Å². The smallest absolute Gasteiger partial charge is 0.336 e. The first kappa shape index (κ1) is 25.4. The summed E-state index contributed by atoms with van der Waals surface area (Å²) in [6, 6.07) is 15.5. The third kappa shape index (κ3) is 6.66. The standard InChI is InChI=1S/C17H16Cl2N4.C4H9NO4S/c1-21-17(20)14-10-16(11-5-3-2-4-6-11)23(22-14)15-8-7-12(18)9-13(15)19;6-10(7,8)5-1-3-9-4-2-5/h2-9,16H,10H2,1H3,(H2,20,21);1-4H2,(H,6,7,8). The molecular formula is C21H25Cl2N5O4S. The van der Waals surface area contributed by atoms with E-state index in [1.165, 1.54) is 0 Å². The number of hydrogen-bond acceptors (Lipinski definition) is 6. The first-order valence-corrected chi connectivity index (χ1v) is 12.3. The zero-order chi connectivity index (χ0) is 24.0. The molecule has 0 aromatic heterocycles. The molecule has 2 aromatic carbocycles. The molecule has 2 heterocycles. The normalized spacial score (nSPS) is 19.6. The number of hydrogen-bond donors (Lipinski definition) is 2. The van der Waals surface area contributed by atoms with Gasteiger partial charge < -0.3 is 10.5 Å². The maximum atomic E-state index is 10.4. The summed E-state index contributed by atoms with van der Waals surface area (Å²) in [5.74, 6) is 0.443. The van der Waals surface area contributed by atoms with Gasteiger partial charge in [0, 0.05) is 31.6 Å². The van der Waals surface area contributed by atoms with Gasteiger partial charge in [-0.15, -0.1) is 0 Å². The van der Waals surface area contributed by atoms with Crippen molar-refractivity contribution >= 4 is 50.7 Å². The average Bonchev–Trinajstić information content (AvgIpc) is 3.25. The van der Waals surface area contributed by atoms with E-state index in [0.717, 1.165) is 21.3 Å². The molecule has 0 radical (unpaired) electrons. The van der Waals surface area contributed by atoms with Crippen LogP contribution in [0.15, 0.2) is 58.6 Å². The minimum atomic E-state index is -3.97. The van der Waals surface area contributed by atoms with Crippen molar-refractivity contribution in [3.8, 4) is 0 Å². The van der Waals surface area contributed by atoms with Gasteiger partial charge in [0.05, 0.1) is 30.0 Å². The Labute approximate surface area is 203 Å². The van der Waals surface area contributed by atoms with Crippen LogP contribution in [0.1, 0.15) is 18.0 Å². The van der Waals surface area contributed by atoms with Gasteiger partial charge in [-0.25, -0.2) is 0 Å². The van der Waals surface area contributed by atoms with E-state index in [1.54, 1.807) is 19.2 Å². The Kier molecular flexibility index (Phi) is 8.69. The predicted octanol–water partition coefficient (Wildman–Crippen LogP) is 3.41. The van der Waals surface area contributed by atoms with Crippen LogP contribution < -0.4 is 10.7 Å². The molecule has 33 heavy (non-hydrogen) atoms. The van der Waals surface area contributed by atoms with Crippen LogP contribution in [-0.2, 0) is 15.0 Å². The Balaban J connectivity index is 0.000000257. The molecule has 0 amide bonds. The van der Waals surface area contributed by atoms with Crippen molar-refractivity contribution in [3.05, 3.63) is 64.1 Å². The number of amidine groups is 1. The monoisotopic (exact) mass is 513 g/mol. The molecule has 0 saturated carbocycles. The quantitative estimate of drug-likeness (QED) is 0.367.